The van der Waals surface area contributed by atoms with Crippen LogP contribution >= 0.6 is 0 Å². The predicted molar refractivity (Wildman–Crippen MR) is 146 cm³/mol. The molecule has 1 saturated heterocycles. The van der Waals surface area contributed by atoms with E-state index in [1.165, 1.54) is 11.0 Å². The molecule has 1 unspecified atom stereocenters. The summed E-state index contributed by atoms with van der Waals surface area (Å²) in [7, 11) is 1.89. The second kappa shape index (κ2) is 9.66. The molecule has 7 nitrogen and oxygen atoms in total. The molecule has 7 rings (SSSR count). The number of amides is 1. The fourth-order valence-corrected chi connectivity index (χ4v) is 6.74. The van der Waals surface area contributed by atoms with Crippen LogP contribution in [0, 0.1) is 11.8 Å². The van der Waals surface area contributed by atoms with Gasteiger partial charge < -0.3 is 19.5 Å². The highest BCUT2D eigenvalue weighted by atomic mass is 19.4. The Morgan fingerprint density at radius 1 is 1.10 bits per heavy atom. The molecule has 1 aromatic heterocycles. The van der Waals surface area contributed by atoms with E-state index in [0.29, 0.717) is 30.4 Å². The Balaban J connectivity index is 1.25. The molecule has 4 aliphatic rings. The van der Waals surface area contributed by atoms with Crippen molar-refractivity contribution in [3.05, 3.63) is 76.4 Å². The van der Waals surface area contributed by atoms with Crippen molar-refractivity contribution in [2.24, 2.45) is 18.9 Å². The van der Waals surface area contributed by atoms with Gasteiger partial charge >= 0.3 is 6.18 Å². The maximum Gasteiger partial charge on any atom is 0.416 e. The molecular formula is C31H34F3N5O2. The number of ether oxygens (including phenoxy) is 1. The van der Waals surface area contributed by atoms with Gasteiger partial charge in [0.05, 0.1) is 31.2 Å². The first-order valence-corrected chi connectivity index (χ1v) is 14.5. The number of anilines is 1. The molecule has 1 amide bonds. The summed E-state index contributed by atoms with van der Waals surface area (Å²) in [5.74, 6) is 0.782. The van der Waals surface area contributed by atoms with Crippen molar-refractivity contribution in [3.63, 3.8) is 0 Å². The minimum Gasteiger partial charge on any atom is -0.381 e. The lowest BCUT2D eigenvalue weighted by Crippen LogP contribution is -2.50. The van der Waals surface area contributed by atoms with Gasteiger partial charge in [0.1, 0.15) is 12.2 Å². The average molecular weight is 566 g/mol. The Labute approximate surface area is 237 Å². The minimum atomic E-state index is -4.56. The number of hydrogen-bond donors (Lipinski definition) is 1. The van der Waals surface area contributed by atoms with Gasteiger partial charge in [0.2, 0.25) is 0 Å². The highest BCUT2D eigenvalue weighted by Crippen LogP contribution is 2.48. The van der Waals surface area contributed by atoms with Crippen molar-refractivity contribution in [1.29, 1.82) is 0 Å². The number of aryl methyl sites for hydroxylation is 1. The number of carbonyl (C=O) groups excluding carboxylic acids is 1. The third-order valence-electron chi connectivity index (χ3n) is 9.48. The molecule has 3 aromatic rings. The van der Waals surface area contributed by atoms with E-state index >= 15 is 0 Å². The van der Waals surface area contributed by atoms with Gasteiger partial charge in [0.25, 0.3) is 5.91 Å². The summed E-state index contributed by atoms with van der Waals surface area (Å²) in [5.41, 5.74) is 1.52. The molecule has 2 aliphatic carbocycles. The summed E-state index contributed by atoms with van der Waals surface area (Å²) in [6.07, 6.45) is 2.20. The summed E-state index contributed by atoms with van der Waals surface area (Å²) in [4.78, 5) is 15.3. The minimum absolute atomic E-state index is 0.0540. The standard InChI is InChI=1S/C31H34F3N5O2/c1-30(9-4-10-30)36-27(18-7-8-18)20-12-23-24(25(13-20)31(32,33)34)14-39(29(23)40)22-6-3-5-19(11-22)26(21-15-41-16-21)28-37-35-17-38(28)2/h3,5-6,11-13,17-18,21,26-27,36H,4,7-10,14-16H2,1-2H3/t26-,27?/m1/s1. The lowest BCUT2D eigenvalue weighted by Gasteiger charge is -2.43. The quantitative estimate of drug-likeness (QED) is 0.376. The Morgan fingerprint density at radius 2 is 1.88 bits per heavy atom. The monoisotopic (exact) mass is 565 g/mol. The van der Waals surface area contributed by atoms with Gasteiger partial charge in [-0.25, -0.2) is 0 Å². The van der Waals surface area contributed by atoms with Crippen molar-refractivity contribution >= 4 is 11.6 Å². The molecule has 0 spiro atoms. The maximum atomic E-state index is 14.5. The molecule has 10 heteroatoms. The fourth-order valence-electron chi connectivity index (χ4n) is 6.74. The average Bonchev–Trinajstić information content (AvgIpc) is 3.57. The topological polar surface area (TPSA) is 72.3 Å². The molecule has 2 atom stereocenters. The molecular weight excluding hydrogens is 531 g/mol. The lowest BCUT2D eigenvalue weighted by atomic mass is 9.77. The number of hydrogen-bond acceptors (Lipinski definition) is 5. The van der Waals surface area contributed by atoms with Crippen LogP contribution in [0.2, 0.25) is 0 Å². The molecule has 0 bridgehead atoms. The van der Waals surface area contributed by atoms with Crippen LogP contribution in [0.4, 0.5) is 18.9 Å². The number of aromatic nitrogens is 3. The van der Waals surface area contributed by atoms with E-state index in [2.05, 4.69) is 22.4 Å². The van der Waals surface area contributed by atoms with E-state index in [-0.39, 0.29) is 41.1 Å². The van der Waals surface area contributed by atoms with Crippen LogP contribution in [0.1, 0.15) is 89.4 Å². The zero-order chi connectivity index (χ0) is 28.5. The zero-order valence-corrected chi connectivity index (χ0v) is 23.2. The van der Waals surface area contributed by atoms with Gasteiger partial charge in [0, 0.05) is 35.8 Å². The lowest BCUT2D eigenvalue weighted by molar-refractivity contribution is -0.138. The first-order valence-electron chi connectivity index (χ1n) is 14.5. The fraction of sp³-hybridized carbons (Fsp3) is 0.516. The first-order chi connectivity index (χ1) is 19.6. The molecule has 0 radical (unpaired) electrons. The Bertz CT molecular complexity index is 1490. The van der Waals surface area contributed by atoms with Crippen molar-refractivity contribution in [2.75, 3.05) is 18.1 Å². The van der Waals surface area contributed by atoms with Crippen LogP contribution in [-0.2, 0) is 24.5 Å². The third kappa shape index (κ3) is 4.74. The van der Waals surface area contributed by atoms with Crippen LogP contribution in [-0.4, -0.2) is 39.4 Å². The molecule has 3 fully saturated rings. The smallest absolute Gasteiger partial charge is 0.381 e. The van der Waals surface area contributed by atoms with Crippen LogP contribution in [0.15, 0.2) is 42.7 Å². The van der Waals surface area contributed by atoms with E-state index in [1.807, 2.05) is 29.8 Å². The van der Waals surface area contributed by atoms with Crippen LogP contribution in [0.5, 0.6) is 0 Å². The van der Waals surface area contributed by atoms with Crippen molar-refractivity contribution in [3.8, 4) is 0 Å². The molecule has 2 aliphatic heterocycles. The second-order valence-electron chi connectivity index (χ2n) is 12.5. The third-order valence-corrected chi connectivity index (χ3v) is 9.48. The Morgan fingerprint density at radius 3 is 2.46 bits per heavy atom. The summed E-state index contributed by atoms with van der Waals surface area (Å²) in [6, 6.07) is 10.4. The largest absolute Gasteiger partial charge is 0.416 e. The predicted octanol–water partition coefficient (Wildman–Crippen LogP) is 5.76. The van der Waals surface area contributed by atoms with Crippen LogP contribution in [0.25, 0.3) is 0 Å². The van der Waals surface area contributed by atoms with E-state index in [4.69, 9.17) is 4.74 Å². The van der Waals surface area contributed by atoms with E-state index in [1.54, 1.807) is 18.5 Å². The maximum absolute atomic E-state index is 14.5. The molecule has 216 valence electrons. The van der Waals surface area contributed by atoms with E-state index < -0.39 is 17.6 Å². The van der Waals surface area contributed by atoms with Gasteiger partial charge in [-0.2, -0.15) is 13.2 Å². The van der Waals surface area contributed by atoms with Crippen LogP contribution < -0.4 is 10.2 Å². The number of alkyl halides is 3. The first kappa shape index (κ1) is 26.6. The van der Waals surface area contributed by atoms with Crippen molar-refractivity contribution in [1.82, 2.24) is 20.1 Å². The number of benzene rings is 2. The molecule has 2 saturated carbocycles. The highest BCUT2D eigenvalue weighted by Gasteiger charge is 2.44. The summed E-state index contributed by atoms with van der Waals surface area (Å²) < 4.78 is 50.8. The Hall–Kier alpha value is -3.24. The molecule has 1 N–H and O–H groups in total. The number of halogens is 3. The van der Waals surface area contributed by atoms with Gasteiger partial charge in [0.15, 0.2) is 0 Å². The number of rotatable bonds is 8. The summed E-state index contributed by atoms with van der Waals surface area (Å²) in [5, 5.41) is 12.1. The van der Waals surface area contributed by atoms with E-state index in [0.717, 1.165) is 43.5 Å². The number of nitrogens with one attached hydrogen (secondary N) is 1. The van der Waals surface area contributed by atoms with Gasteiger partial charge in [-0.3, -0.25) is 4.79 Å². The van der Waals surface area contributed by atoms with Gasteiger partial charge in [-0.1, -0.05) is 12.1 Å². The van der Waals surface area contributed by atoms with Gasteiger partial charge in [-0.05, 0) is 85.9 Å². The number of nitrogens with zero attached hydrogens (tertiary/aromatic N) is 4. The summed E-state index contributed by atoms with van der Waals surface area (Å²) in [6.45, 7) is 3.20. The molecule has 2 aromatic carbocycles. The van der Waals surface area contributed by atoms with E-state index in [9.17, 15) is 18.0 Å². The van der Waals surface area contributed by atoms with Crippen molar-refractivity contribution < 1.29 is 22.7 Å². The van der Waals surface area contributed by atoms with Crippen LogP contribution in [0.3, 0.4) is 0 Å². The normalized spacial score (nSPS) is 21.8. The highest BCUT2D eigenvalue weighted by molar-refractivity contribution is 6.10. The number of carbonyl (C=O) groups is 1. The Kier molecular flexibility index (Phi) is 6.28. The number of fused-ring (bicyclic) bond motifs is 1. The second-order valence-corrected chi connectivity index (χ2v) is 12.5. The zero-order valence-electron chi connectivity index (χ0n) is 23.2. The molecule has 41 heavy (non-hydrogen) atoms. The summed E-state index contributed by atoms with van der Waals surface area (Å²) >= 11 is 0. The SMILES string of the molecule is Cn1cnnc1[C@H](c1cccc(N2Cc3c(cc(C(NC4(C)CCC4)C4CC4)cc3C(F)(F)F)C2=O)c1)C1COC1. The van der Waals surface area contributed by atoms with Gasteiger partial charge in [-0.15, -0.1) is 10.2 Å². The van der Waals surface area contributed by atoms with Crippen molar-refractivity contribution in [2.45, 2.75) is 69.2 Å². The molecule has 3 heterocycles.